The minimum Gasteiger partial charge on any atom is -0.491 e. The molecule has 0 atom stereocenters. The molecule has 6 amide bonds. The van der Waals surface area contributed by atoms with Crippen molar-refractivity contribution in [3.63, 3.8) is 0 Å². The van der Waals surface area contributed by atoms with Crippen molar-refractivity contribution in [1.29, 1.82) is 0 Å². The molecule has 12 bridgehead atoms. The highest BCUT2D eigenvalue weighted by atomic mass is 16.6. The van der Waals surface area contributed by atoms with Crippen molar-refractivity contribution < 1.29 is 71.4 Å². The van der Waals surface area contributed by atoms with E-state index in [0.717, 1.165) is 83.5 Å². The first kappa shape index (κ1) is 81.0. The summed E-state index contributed by atoms with van der Waals surface area (Å²) in [5.41, 5.74) is 15.2. The van der Waals surface area contributed by atoms with Crippen molar-refractivity contribution in [1.82, 2.24) is 14.7 Å². The van der Waals surface area contributed by atoms with Crippen LogP contribution in [0, 0.1) is 0 Å². The number of carbonyl (C=O) groups is 6. The van der Waals surface area contributed by atoms with Crippen molar-refractivity contribution in [2.75, 3.05) is 106 Å². The lowest BCUT2D eigenvalue weighted by Gasteiger charge is -2.29. The molecule has 0 radical (unpaired) electrons. The van der Waals surface area contributed by atoms with Gasteiger partial charge >= 0.3 is 0 Å². The van der Waals surface area contributed by atoms with Gasteiger partial charge in [0.15, 0.2) is 0 Å². The molecule has 5 aliphatic heterocycles. The highest BCUT2D eigenvalue weighted by Gasteiger charge is 2.39. The van der Waals surface area contributed by atoms with Crippen molar-refractivity contribution in [3.05, 3.63) is 250 Å². The number of ether oxygens (including phenoxy) is 9. The summed E-state index contributed by atoms with van der Waals surface area (Å²) in [7, 11) is 0. The summed E-state index contributed by atoms with van der Waals surface area (Å²) in [6.45, 7) is 35.8. The average Bonchev–Trinajstić information content (AvgIpc) is 1.75. The molecule has 18 nitrogen and oxygen atoms in total. The summed E-state index contributed by atoms with van der Waals surface area (Å²) in [5.74, 6) is 1.39. The Labute approximate surface area is 665 Å². The Morgan fingerprint density at radius 3 is 0.690 bits per heavy atom. The lowest BCUT2D eigenvalue weighted by molar-refractivity contribution is 0.0516. The first-order valence-electron chi connectivity index (χ1n) is 39.8. The summed E-state index contributed by atoms with van der Waals surface area (Å²) in [4.78, 5) is 84.8. The van der Waals surface area contributed by atoms with E-state index >= 15 is 0 Å². The van der Waals surface area contributed by atoms with E-state index in [1.165, 1.54) is 14.7 Å². The van der Waals surface area contributed by atoms with Crippen LogP contribution in [0.4, 0.5) is 0 Å². The standard InChI is InChI=1S/C95H109N3O15/c1-91(2,3)69-49-59-44-60-50-70(92(4,5)6)52-62(81(60)110-40-35-106-32-29-97-87(101)76-24-18-19-25-77(76)88(97)102)46-66-56-73(95(13,14)15)58-68-48-64-54-71(93(7,8)9)53-63(82(64)111-41-36-107-33-30-98-89(103)78-26-20-21-27-79(78)90(98)104)47-67-57-72(94(10,11)12)55-65(83(67)112-42-37-108-38-43-113-84(66)68)45-61(51-69)80(59)109-39-34-105-31-28-96-85(99)74-22-16-17-23-75(74)86(96)100/h16-27,49-58H,28-48H2,1-15H3. The molecule has 1 aliphatic carbocycles. The molecule has 0 saturated heterocycles. The zero-order valence-electron chi connectivity index (χ0n) is 68.5. The van der Waals surface area contributed by atoms with Gasteiger partial charge in [-0.1, -0.05) is 201 Å². The average molecular weight is 1530 g/mol. The van der Waals surface area contributed by atoms with E-state index in [9.17, 15) is 28.8 Å². The van der Waals surface area contributed by atoms with Crippen LogP contribution in [0.1, 0.15) is 249 Å². The summed E-state index contributed by atoms with van der Waals surface area (Å²) in [5, 5.41) is 0. The molecule has 0 N–H and O–H groups in total. The van der Waals surface area contributed by atoms with Gasteiger partial charge in [-0.05, 0) is 147 Å². The zero-order chi connectivity index (χ0) is 80.5. The smallest absolute Gasteiger partial charge is 0.261 e. The van der Waals surface area contributed by atoms with E-state index < -0.39 is 0 Å². The van der Waals surface area contributed by atoms with Crippen LogP contribution in [0.25, 0.3) is 0 Å². The Hall–Kier alpha value is -9.98. The van der Waals surface area contributed by atoms with Gasteiger partial charge in [0.25, 0.3) is 35.4 Å². The van der Waals surface area contributed by atoms with Crippen molar-refractivity contribution in [2.45, 2.75) is 163 Å². The molecule has 8 aromatic rings. The van der Waals surface area contributed by atoms with E-state index in [1.807, 2.05) is 0 Å². The summed E-state index contributed by atoms with van der Waals surface area (Å²) >= 11 is 0. The number of benzene rings is 8. The Bertz CT molecular complexity index is 4620. The number of hydrogen-bond acceptors (Lipinski definition) is 15. The van der Waals surface area contributed by atoms with Crippen LogP contribution in [-0.4, -0.2) is 156 Å². The van der Waals surface area contributed by atoms with Crippen molar-refractivity contribution >= 4 is 35.4 Å². The molecule has 0 unspecified atom stereocenters. The minimum absolute atomic E-state index is 0.0684. The second-order valence-electron chi connectivity index (χ2n) is 35.4. The van der Waals surface area contributed by atoms with E-state index in [2.05, 4.69) is 165 Å². The molecule has 0 spiro atoms. The predicted molar refractivity (Wildman–Crippen MR) is 436 cm³/mol. The van der Waals surface area contributed by atoms with E-state index in [-0.39, 0.29) is 168 Å². The molecular weight excluding hydrogens is 1420 g/mol. The molecule has 0 fully saturated rings. The molecule has 594 valence electrons. The Morgan fingerprint density at radius 2 is 0.478 bits per heavy atom. The molecule has 0 saturated carbocycles. The SMILES string of the molecule is CC(C)(C)c1cc2c3c(c1)Cc1cc(C(C)(C)C)cc(c1OCCOCCN1C(=O)c4ccccc4C1=O)Cc1cc(C(C)(C)C)cc(c1OCCOCCN1C(=O)c4ccccc4C1=O)Cc1cc(C(C)(C)C)cc(c1OCCOCCO3)Cc1cc(C(C)(C)C)cc(c1OCCOCCN1C(=O)c3ccccc3C1=O)C2. The molecular formula is C95H109N3O15. The monoisotopic (exact) mass is 1530 g/mol. The lowest BCUT2D eigenvalue weighted by atomic mass is 9.79. The van der Waals surface area contributed by atoms with Crippen LogP contribution in [0.2, 0.25) is 0 Å². The van der Waals surface area contributed by atoms with Gasteiger partial charge in [0.05, 0.1) is 106 Å². The van der Waals surface area contributed by atoms with E-state index in [4.69, 9.17) is 42.6 Å². The maximum Gasteiger partial charge on any atom is 0.261 e. The maximum absolute atomic E-state index is 13.5. The predicted octanol–water partition coefficient (Wildman–Crippen LogP) is 16.3. The number of imide groups is 3. The topological polar surface area (TPSA) is 195 Å². The highest BCUT2D eigenvalue weighted by molar-refractivity contribution is 6.22. The Kier molecular flexibility index (Phi) is 23.8. The largest absolute Gasteiger partial charge is 0.491 e. The molecule has 18 heteroatoms. The number of nitrogens with zero attached hydrogens (tertiary/aromatic N) is 3. The fourth-order valence-electron chi connectivity index (χ4n) is 15.4. The van der Waals surface area contributed by atoms with Crippen LogP contribution >= 0.6 is 0 Å². The van der Waals surface area contributed by atoms with Gasteiger partial charge in [0, 0.05) is 32.1 Å². The van der Waals surface area contributed by atoms with Crippen LogP contribution < -0.4 is 23.7 Å². The third-order valence-corrected chi connectivity index (χ3v) is 21.8. The second kappa shape index (κ2) is 33.2. The summed E-state index contributed by atoms with van der Waals surface area (Å²) < 4.78 is 62.1. The number of carbonyl (C=O) groups excluding carboxylic acids is 6. The van der Waals surface area contributed by atoms with Gasteiger partial charge in [-0.15, -0.1) is 0 Å². The normalized spacial score (nSPS) is 15.4. The molecule has 0 aromatic heterocycles. The zero-order valence-corrected chi connectivity index (χ0v) is 68.5. The quantitative estimate of drug-likeness (QED) is 0.0374. The lowest BCUT2D eigenvalue weighted by Crippen LogP contribution is -2.33. The fraction of sp³-hybridized carbons (Fsp3) is 0.432. The molecule has 5 heterocycles. The number of amides is 6. The van der Waals surface area contributed by atoms with Crippen LogP contribution in [0.3, 0.4) is 0 Å². The van der Waals surface area contributed by atoms with E-state index in [0.29, 0.717) is 94.2 Å². The maximum atomic E-state index is 13.5. The Morgan fingerprint density at radius 1 is 0.274 bits per heavy atom. The summed E-state index contributed by atoms with van der Waals surface area (Å²) in [6.07, 6.45) is 1.89. The van der Waals surface area contributed by atoms with Crippen LogP contribution in [-0.2, 0) is 78.1 Å². The third kappa shape index (κ3) is 18.0. The van der Waals surface area contributed by atoms with Crippen LogP contribution in [0.5, 0.6) is 28.7 Å². The highest BCUT2D eigenvalue weighted by Crippen LogP contribution is 2.46. The number of hydrogen-bond donors (Lipinski definition) is 0. The molecule has 113 heavy (non-hydrogen) atoms. The first-order chi connectivity index (χ1) is 53.7. The molecule has 8 aromatic carbocycles. The van der Waals surface area contributed by atoms with Gasteiger partial charge < -0.3 is 42.6 Å². The minimum atomic E-state index is -0.379. The van der Waals surface area contributed by atoms with E-state index in [1.54, 1.807) is 72.8 Å². The molecule has 14 rings (SSSR count). The van der Waals surface area contributed by atoms with Gasteiger partial charge in [-0.25, -0.2) is 0 Å². The van der Waals surface area contributed by atoms with Crippen molar-refractivity contribution in [3.8, 4) is 28.7 Å². The summed E-state index contributed by atoms with van der Waals surface area (Å²) in [6, 6.07) is 43.5. The van der Waals surface area contributed by atoms with Gasteiger partial charge in [-0.3, -0.25) is 43.5 Å². The van der Waals surface area contributed by atoms with Gasteiger partial charge in [0.1, 0.15) is 61.8 Å². The number of fused-ring (bicyclic) bond motifs is 9. The number of rotatable bonds is 21. The fourth-order valence-corrected chi connectivity index (χ4v) is 15.4. The van der Waals surface area contributed by atoms with Crippen LogP contribution in [0.15, 0.2) is 133 Å². The van der Waals surface area contributed by atoms with Crippen molar-refractivity contribution in [2.24, 2.45) is 0 Å². The first-order valence-corrected chi connectivity index (χ1v) is 39.8. The van der Waals surface area contributed by atoms with Gasteiger partial charge in [0.2, 0.25) is 0 Å². The second-order valence-corrected chi connectivity index (χ2v) is 35.4. The Balaban J connectivity index is 0.977. The van der Waals surface area contributed by atoms with Gasteiger partial charge in [-0.2, -0.15) is 0 Å². The third-order valence-electron chi connectivity index (χ3n) is 21.8. The molecule has 6 aliphatic rings.